The monoisotopic (exact) mass is 355 g/mol. The van der Waals surface area contributed by atoms with Crippen LogP contribution in [0.15, 0.2) is 57.7 Å². The molecule has 0 amide bonds. The van der Waals surface area contributed by atoms with E-state index in [4.69, 9.17) is 9.15 Å². The molecular weight excluding hydrogens is 338 g/mol. The molecule has 0 N–H and O–H groups in total. The minimum Gasteiger partial charge on any atom is -0.465 e. The van der Waals surface area contributed by atoms with E-state index in [0.29, 0.717) is 11.9 Å². The molecule has 26 heavy (non-hydrogen) atoms. The van der Waals surface area contributed by atoms with E-state index < -0.39 is 17.7 Å². The second-order valence-corrected chi connectivity index (χ2v) is 5.58. The van der Waals surface area contributed by atoms with Crippen LogP contribution >= 0.6 is 0 Å². The molecule has 0 aliphatic heterocycles. The van der Waals surface area contributed by atoms with Crippen LogP contribution in [0.3, 0.4) is 0 Å². The lowest BCUT2D eigenvalue weighted by Crippen LogP contribution is -2.22. The van der Waals surface area contributed by atoms with Crippen molar-refractivity contribution in [1.29, 1.82) is 0 Å². The SMILES string of the molecule is COC(=O)c1ccc2c(c1)oc(=O)n2CC(=O)OCCc1ccccc1. The van der Waals surface area contributed by atoms with Crippen molar-refractivity contribution in [3.05, 3.63) is 70.2 Å². The van der Waals surface area contributed by atoms with E-state index >= 15 is 0 Å². The molecule has 1 heterocycles. The van der Waals surface area contributed by atoms with Crippen molar-refractivity contribution in [3.8, 4) is 0 Å². The summed E-state index contributed by atoms with van der Waals surface area (Å²) in [5.74, 6) is -1.77. The third-order valence-corrected chi connectivity index (χ3v) is 3.87. The van der Waals surface area contributed by atoms with Gasteiger partial charge in [0.05, 0.1) is 24.8 Å². The summed E-state index contributed by atoms with van der Waals surface area (Å²) < 4.78 is 16.1. The van der Waals surface area contributed by atoms with Crippen molar-refractivity contribution in [1.82, 2.24) is 4.57 Å². The minimum atomic E-state index is -0.693. The summed E-state index contributed by atoms with van der Waals surface area (Å²) in [6.45, 7) is -0.0436. The fourth-order valence-corrected chi connectivity index (χ4v) is 2.56. The van der Waals surface area contributed by atoms with E-state index in [2.05, 4.69) is 4.74 Å². The smallest absolute Gasteiger partial charge is 0.420 e. The number of rotatable bonds is 6. The van der Waals surface area contributed by atoms with E-state index in [1.165, 1.54) is 29.9 Å². The highest BCUT2D eigenvalue weighted by Gasteiger charge is 2.16. The van der Waals surface area contributed by atoms with Crippen LogP contribution < -0.4 is 5.76 Å². The van der Waals surface area contributed by atoms with Crippen LogP contribution in [0.5, 0.6) is 0 Å². The van der Waals surface area contributed by atoms with E-state index in [1.54, 1.807) is 0 Å². The van der Waals surface area contributed by atoms with Crippen LogP contribution in [0.1, 0.15) is 15.9 Å². The summed E-state index contributed by atoms with van der Waals surface area (Å²) >= 11 is 0. The molecule has 3 rings (SSSR count). The predicted molar refractivity (Wildman–Crippen MR) is 92.9 cm³/mol. The Kier molecular flexibility index (Phi) is 5.17. The molecule has 0 spiro atoms. The fraction of sp³-hybridized carbons (Fsp3) is 0.211. The van der Waals surface area contributed by atoms with Crippen molar-refractivity contribution in [2.75, 3.05) is 13.7 Å². The molecule has 7 nitrogen and oxygen atoms in total. The first-order valence-corrected chi connectivity index (χ1v) is 8.00. The second-order valence-electron chi connectivity index (χ2n) is 5.58. The first kappa shape index (κ1) is 17.5. The lowest BCUT2D eigenvalue weighted by molar-refractivity contribution is -0.144. The highest BCUT2D eigenvalue weighted by atomic mass is 16.5. The number of ether oxygens (including phenoxy) is 2. The first-order chi connectivity index (χ1) is 12.6. The van der Waals surface area contributed by atoms with Crippen LogP contribution in [0.25, 0.3) is 11.1 Å². The van der Waals surface area contributed by atoms with Gasteiger partial charge in [-0.25, -0.2) is 9.59 Å². The molecule has 0 aliphatic rings. The number of esters is 2. The number of carbonyl (C=O) groups is 2. The number of nitrogens with zero attached hydrogens (tertiary/aromatic N) is 1. The first-order valence-electron chi connectivity index (χ1n) is 8.00. The molecule has 3 aromatic rings. The zero-order valence-electron chi connectivity index (χ0n) is 14.1. The highest BCUT2D eigenvalue weighted by molar-refractivity contribution is 5.93. The Labute approximate surface area is 148 Å². The van der Waals surface area contributed by atoms with Crippen LogP contribution in [-0.4, -0.2) is 30.2 Å². The van der Waals surface area contributed by atoms with Crippen LogP contribution in [0, 0.1) is 0 Å². The molecule has 0 fully saturated rings. The quantitative estimate of drug-likeness (QED) is 0.630. The van der Waals surface area contributed by atoms with Gasteiger partial charge in [-0.05, 0) is 23.8 Å². The summed E-state index contributed by atoms with van der Waals surface area (Å²) in [6, 6.07) is 14.1. The normalized spacial score (nSPS) is 10.7. The molecule has 0 saturated heterocycles. The lowest BCUT2D eigenvalue weighted by atomic mass is 10.2. The Morgan fingerprint density at radius 1 is 1.12 bits per heavy atom. The van der Waals surface area contributed by atoms with Gasteiger partial charge in [0.2, 0.25) is 0 Å². The Hall–Kier alpha value is -3.35. The molecule has 0 aliphatic carbocycles. The number of aromatic nitrogens is 1. The van der Waals surface area contributed by atoms with Gasteiger partial charge in [-0.1, -0.05) is 30.3 Å². The predicted octanol–water partition coefficient (Wildman–Crippen LogP) is 2.17. The van der Waals surface area contributed by atoms with Gasteiger partial charge in [-0.15, -0.1) is 0 Å². The zero-order chi connectivity index (χ0) is 18.5. The van der Waals surface area contributed by atoms with Gasteiger partial charge >= 0.3 is 17.7 Å². The van der Waals surface area contributed by atoms with E-state index in [1.807, 2.05) is 30.3 Å². The number of fused-ring (bicyclic) bond motifs is 1. The molecular formula is C19H17NO6. The third-order valence-electron chi connectivity index (χ3n) is 3.87. The number of hydrogen-bond acceptors (Lipinski definition) is 6. The molecule has 2 aromatic carbocycles. The molecule has 0 radical (unpaired) electrons. The van der Waals surface area contributed by atoms with E-state index in [9.17, 15) is 14.4 Å². The summed E-state index contributed by atoms with van der Waals surface area (Å²) in [7, 11) is 1.26. The van der Waals surface area contributed by atoms with Crippen molar-refractivity contribution in [3.63, 3.8) is 0 Å². The number of methoxy groups -OCH3 is 1. The van der Waals surface area contributed by atoms with Crippen molar-refractivity contribution in [2.45, 2.75) is 13.0 Å². The summed E-state index contributed by atoms with van der Waals surface area (Å²) in [6.07, 6.45) is 0.593. The molecule has 134 valence electrons. The molecule has 0 bridgehead atoms. The number of oxazole rings is 1. The Morgan fingerprint density at radius 3 is 2.62 bits per heavy atom. The minimum absolute atomic E-state index is 0.204. The topological polar surface area (TPSA) is 87.7 Å². The molecule has 0 atom stereocenters. The van der Waals surface area contributed by atoms with Gasteiger partial charge in [0, 0.05) is 6.42 Å². The molecule has 0 saturated carbocycles. The number of benzene rings is 2. The summed E-state index contributed by atoms with van der Waals surface area (Å²) in [4.78, 5) is 35.6. The Balaban J connectivity index is 1.68. The van der Waals surface area contributed by atoms with Gasteiger partial charge < -0.3 is 13.9 Å². The molecule has 0 unspecified atom stereocenters. The average molecular weight is 355 g/mol. The standard InChI is InChI=1S/C19H17NO6/c1-24-18(22)14-7-8-15-16(11-14)26-19(23)20(15)12-17(21)25-10-9-13-5-3-2-4-6-13/h2-8,11H,9-10,12H2,1H3. The van der Waals surface area contributed by atoms with Crippen molar-refractivity contribution >= 4 is 23.0 Å². The van der Waals surface area contributed by atoms with Crippen molar-refractivity contribution in [2.24, 2.45) is 0 Å². The molecule has 1 aromatic heterocycles. The maximum Gasteiger partial charge on any atom is 0.420 e. The second kappa shape index (κ2) is 7.69. The lowest BCUT2D eigenvalue weighted by Gasteiger charge is -2.05. The maximum atomic E-state index is 12.0. The largest absolute Gasteiger partial charge is 0.465 e. The highest BCUT2D eigenvalue weighted by Crippen LogP contribution is 2.16. The fourth-order valence-electron chi connectivity index (χ4n) is 2.56. The van der Waals surface area contributed by atoms with Crippen LogP contribution in [0.4, 0.5) is 0 Å². The third kappa shape index (κ3) is 3.83. The molecule has 7 heteroatoms. The van der Waals surface area contributed by atoms with Crippen LogP contribution in [-0.2, 0) is 27.2 Å². The summed E-state index contributed by atoms with van der Waals surface area (Å²) in [5.41, 5.74) is 1.92. The summed E-state index contributed by atoms with van der Waals surface area (Å²) in [5, 5.41) is 0. The Bertz CT molecular complexity index is 986. The van der Waals surface area contributed by atoms with Gasteiger partial charge in [0.25, 0.3) is 0 Å². The van der Waals surface area contributed by atoms with Gasteiger partial charge in [0.1, 0.15) is 6.54 Å². The van der Waals surface area contributed by atoms with E-state index in [0.717, 1.165) is 5.56 Å². The van der Waals surface area contributed by atoms with E-state index in [-0.39, 0.29) is 24.3 Å². The zero-order valence-corrected chi connectivity index (χ0v) is 14.1. The van der Waals surface area contributed by atoms with Gasteiger partial charge in [-0.2, -0.15) is 0 Å². The van der Waals surface area contributed by atoms with Gasteiger partial charge in [0.15, 0.2) is 5.58 Å². The number of carbonyl (C=O) groups excluding carboxylic acids is 2. The number of hydrogen-bond donors (Lipinski definition) is 0. The van der Waals surface area contributed by atoms with Gasteiger partial charge in [-0.3, -0.25) is 9.36 Å². The van der Waals surface area contributed by atoms with Crippen molar-refractivity contribution < 1.29 is 23.5 Å². The Morgan fingerprint density at radius 2 is 1.88 bits per heavy atom. The average Bonchev–Trinajstić information content (AvgIpc) is 2.96. The van der Waals surface area contributed by atoms with Crippen LogP contribution in [0.2, 0.25) is 0 Å². The maximum absolute atomic E-state index is 12.0.